The standard InChI is InChI=1S/C14H13ClFNO2S/c1-19-11-4-2-9(13(16)7-11)8-20(18)14-5-3-10(17)6-12(14)15/h2-7H,8,17H2,1H3. The summed E-state index contributed by atoms with van der Waals surface area (Å²) in [6.45, 7) is 0. The number of anilines is 1. The van der Waals surface area contributed by atoms with Gasteiger partial charge in [-0.15, -0.1) is 0 Å². The first-order valence-electron chi connectivity index (χ1n) is 5.77. The molecule has 2 aromatic carbocycles. The average molecular weight is 314 g/mol. The Kier molecular flexibility index (Phi) is 4.62. The second-order valence-corrected chi connectivity index (χ2v) is 5.96. The van der Waals surface area contributed by atoms with Crippen LogP contribution in [0.25, 0.3) is 0 Å². The van der Waals surface area contributed by atoms with Gasteiger partial charge in [-0.25, -0.2) is 4.39 Å². The third kappa shape index (κ3) is 3.29. The molecule has 6 heteroatoms. The molecule has 0 amide bonds. The molecule has 20 heavy (non-hydrogen) atoms. The van der Waals surface area contributed by atoms with E-state index in [1.807, 2.05) is 0 Å². The molecule has 0 heterocycles. The van der Waals surface area contributed by atoms with Crippen LogP contribution in [0.1, 0.15) is 5.56 Å². The van der Waals surface area contributed by atoms with E-state index in [4.69, 9.17) is 22.1 Å². The Morgan fingerprint density at radius 2 is 2.05 bits per heavy atom. The van der Waals surface area contributed by atoms with E-state index in [1.165, 1.54) is 19.2 Å². The van der Waals surface area contributed by atoms with Crippen molar-refractivity contribution in [2.75, 3.05) is 12.8 Å². The summed E-state index contributed by atoms with van der Waals surface area (Å²) in [5.74, 6) is 0.00578. The van der Waals surface area contributed by atoms with Crippen molar-refractivity contribution in [3.63, 3.8) is 0 Å². The van der Waals surface area contributed by atoms with E-state index in [0.29, 0.717) is 26.9 Å². The van der Waals surface area contributed by atoms with Crippen LogP contribution in [0, 0.1) is 5.82 Å². The van der Waals surface area contributed by atoms with E-state index in [-0.39, 0.29) is 5.75 Å². The highest BCUT2D eigenvalue weighted by molar-refractivity contribution is 7.84. The van der Waals surface area contributed by atoms with E-state index in [9.17, 15) is 8.60 Å². The SMILES string of the molecule is COc1ccc(CS(=O)c2ccc(N)cc2Cl)c(F)c1. The Labute approximate surface area is 124 Å². The van der Waals surface area contributed by atoms with Gasteiger partial charge in [0, 0.05) is 17.3 Å². The van der Waals surface area contributed by atoms with Crippen LogP contribution in [0.15, 0.2) is 41.3 Å². The molecule has 1 atom stereocenters. The average Bonchev–Trinajstić information content (AvgIpc) is 2.40. The molecule has 1 unspecified atom stereocenters. The second-order valence-electron chi connectivity index (χ2n) is 4.14. The number of benzene rings is 2. The van der Waals surface area contributed by atoms with Crippen LogP contribution >= 0.6 is 11.6 Å². The molecular formula is C14H13ClFNO2S. The zero-order valence-electron chi connectivity index (χ0n) is 10.7. The van der Waals surface area contributed by atoms with Gasteiger partial charge in [-0.2, -0.15) is 0 Å². The fourth-order valence-electron chi connectivity index (χ4n) is 1.69. The van der Waals surface area contributed by atoms with E-state index in [0.717, 1.165) is 0 Å². The molecule has 0 bridgehead atoms. The fraction of sp³-hybridized carbons (Fsp3) is 0.143. The van der Waals surface area contributed by atoms with Gasteiger partial charge in [-0.05, 0) is 24.3 Å². The van der Waals surface area contributed by atoms with Crippen molar-refractivity contribution in [3.8, 4) is 5.75 Å². The van der Waals surface area contributed by atoms with Gasteiger partial charge in [-0.3, -0.25) is 4.21 Å². The summed E-state index contributed by atoms with van der Waals surface area (Å²) < 4.78 is 31.0. The van der Waals surface area contributed by atoms with Crippen molar-refractivity contribution in [2.45, 2.75) is 10.6 Å². The molecule has 0 fully saturated rings. The topological polar surface area (TPSA) is 52.3 Å². The van der Waals surface area contributed by atoms with Crippen molar-refractivity contribution >= 4 is 28.1 Å². The quantitative estimate of drug-likeness (QED) is 0.880. The maximum atomic E-state index is 13.8. The predicted molar refractivity (Wildman–Crippen MR) is 78.9 cm³/mol. The molecule has 2 N–H and O–H groups in total. The minimum absolute atomic E-state index is 0.0411. The Hall–Kier alpha value is -1.59. The summed E-state index contributed by atoms with van der Waals surface area (Å²) in [6, 6.07) is 9.17. The third-order valence-electron chi connectivity index (χ3n) is 2.75. The minimum Gasteiger partial charge on any atom is -0.497 e. The van der Waals surface area contributed by atoms with Crippen molar-refractivity contribution in [2.24, 2.45) is 0 Å². The first-order chi connectivity index (χ1) is 9.51. The fourth-order valence-corrected chi connectivity index (χ4v) is 3.31. The molecule has 0 saturated heterocycles. The number of rotatable bonds is 4. The summed E-state index contributed by atoms with van der Waals surface area (Å²) in [4.78, 5) is 0.441. The zero-order chi connectivity index (χ0) is 14.7. The number of methoxy groups -OCH3 is 1. The van der Waals surface area contributed by atoms with Gasteiger partial charge in [0.05, 0.1) is 33.6 Å². The van der Waals surface area contributed by atoms with Gasteiger partial charge in [0.1, 0.15) is 11.6 Å². The Morgan fingerprint density at radius 1 is 1.30 bits per heavy atom. The summed E-state index contributed by atoms with van der Waals surface area (Å²) >= 11 is 5.99. The highest BCUT2D eigenvalue weighted by Crippen LogP contribution is 2.25. The summed E-state index contributed by atoms with van der Waals surface area (Å²) in [5.41, 5.74) is 6.42. The van der Waals surface area contributed by atoms with Gasteiger partial charge in [0.25, 0.3) is 0 Å². The maximum absolute atomic E-state index is 13.8. The van der Waals surface area contributed by atoms with Gasteiger partial charge >= 0.3 is 0 Å². The number of hydrogen-bond acceptors (Lipinski definition) is 3. The Morgan fingerprint density at radius 3 is 2.65 bits per heavy atom. The van der Waals surface area contributed by atoms with Gasteiger partial charge in [0.15, 0.2) is 0 Å². The van der Waals surface area contributed by atoms with Gasteiger partial charge < -0.3 is 10.5 Å². The maximum Gasteiger partial charge on any atom is 0.131 e. The third-order valence-corrected chi connectivity index (χ3v) is 4.59. The van der Waals surface area contributed by atoms with E-state index >= 15 is 0 Å². The molecule has 2 aromatic rings. The van der Waals surface area contributed by atoms with Crippen LogP contribution in [-0.2, 0) is 16.6 Å². The van der Waals surface area contributed by atoms with Crippen LogP contribution in [0.4, 0.5) is 10.1 Å². The molecule has 2 rings (SSSR count). The molecule has 106 valence electrons. The highest BCUT2D eigenvalue weighted by atomic mass is 35.5. The highest BCUT2D eigenvalue weighted by Gasteiger charge is 2.13. The smallest absolute Gasteiger partial charge is 0.131 e. The summed E-state index contributed by atoms with van der Waals surface area (Å²) in [6.07, 6.45) is 0. The van der Waals surface area contributed by atoms with Crippen molar-refractivity contribution < 1.29 is 13.3 Å². The molecule has 0 spiro atoms. The molecule has 0 saturated carbocycles. The molecule has 0 radical (unpaired) electrons. The minimum atomic E-state index is -1.44. The number of hydrogen-bond donors (Lipinski definition) is 1. The van der Waals surface area contributed by atoms with Crippen molar-refractivity contribution in [1.29, 1.82) is 0 Å². The lowest BCUT2D eigenvalue weighted by atomic mass is 10.2. The monoisotopic (exact) mass is 313 g/mol. The number of nitrogen functional groups attached to an aromatic ring is 1. The molecule has 0 aliphatic carbocycles. The van der Waals surface area contributed by atoms with E-state index in [1.54, 1.807) is 24.3 Å². The lowest BCUT2D eigenvalue weighted by molar-refractivity contribution is 0.411. The number of ether oxygens (including phenoxy) is 1. The summed E-state index contributed by atoms with van der Waals surface area (Å²) in [7, 11) is 0.0177. The lowest BCUT2D eigenvalue weighted by Gasteiger charge is -2.08. The summed E-state index contributed by atoms with van der Waals surface area (Å²) in [5, 5.41) is 0.317. The van der Waals surface area contributed by atoms with Crippen LogP contribution in [0.2, 0.25) is 5.02 Å². The van der Waals surface area contributed by atoms with Gasteiger partial charge in [0.2, 0.25) is 0 Å². The number of halogens is 2. The predicted octanol–water partition coefficient (Wildman–Crippen LogP) is 3.38. The molecule has 0 aliphatic heterocycles. The Balaban J connectivity index is 2.23. The first kappa shape index (κ1) is 14.8. The van der Waals surface area contributed by atoms with Gasteiger partial charge in [-0.1, -0.05) is 17.7 Å². The second kappa shape index (κ2) is 6.24. The van der Waals surface area contributed by atoms with Crippen molar-refractivity contribution in [1.82, 2.24) is 0 Å². The van der Waals surface area contributed by atoms with Crippen LogP contribution in [0.5, 0.6) is 5.75 Å². The molecule has 0 aromatic heterocycles. The molecule has 3 nitrogen and oxygen atoms in total. The van der Waals surface area contributed by atoms with Crippen LogP contribution < -0.4 is 10.5 Å². The molecular weight excluding hydrogens is 301 g/mol. The van der Waals surface area contributed by atoms with E-state index < -0.39 is 16.6 Å². The Bertz CT molecular complexity index is 664. The van der Waals surface area contributed by atoms with E-state index in [2.05, 4.69) is 0 Å². The molecule has 0 aliphatic rings. The zero-order valence-corrected chi connectivity index (χ0v) is 12.3. The van der Waals surface area contributed by atoms with Crippen LogP contribution in [0.3, 0.4) is 0 Å². The van der Waals surface area contributed by atoms with Crippen molar-refractivity contribution in [3.05, 3.63) is 52.8 Å². The number of nitrogens with two attached hydrogens (primary N) is 1. The largest absolute Gasteiger partial charge is 0.497 e. The normalized spacial score (nSPS) is 12.2. The van der Waals surface area contributed by atoms with Crippen LogP contribution in [-0.4, -0.2) is 11.3 Å². The first-order valence-corrected chi connectivity index (χ1v) is 7.46. The lowest BCUT2D eigenvalue weighted by Crippen LogP contribution is -2.01.